The van der Waals surface area contributed by atoms with Crippen molar-refractivity contribution in [2.45, 2.75) is 12.8 Å². The minimum absolute atomic E-state index is 1.01. The van der Waals surface area contributed by atoms with Gasteiger partial charge in [0.2, 0.25) is 0 Å². The van der Waals surface area contributed by atoms with Gasteiger partial charge in [-0.3, -0.25) is 4.98 Å². The van der Waals surface area contributed by atoms with Gasteiger partial charge in [0.25, 0.3) is 0 Å². The number of benzene rings is 1. The number of hydrogen-bond donors (Lipinski definition) is 1. The van der Waals surface area contributed by atoms with Crippen LogP contribution < -0.4 is 5.32 Å². The first-order chi connectivity index (χ1) is 10.4. The Morgan fingerprint density at radius 3 is 2.38 bits per heavy atom. The third-order valence-electron chi connectivity index (χ3n) is 3.65. The lowest BCUT2D eigenvalue weighted by atomic mass is 10.1. The molecule has 0 aliphatic rings. The third-order valence-corrected chi connectivity index (χ3v) is 3.65. The maximum absolute atomic E-state index is 4.41. The first-order valence-corrected chi connectivity index (χ1v) is 7.69. The van der Waals surface area contributed by atoms with Crippen LogP contribution in [0.15, 0.2) is 54.7 Å². The lowest BCUT2D eigenvalue weighted by molar-refractivity contribution is 0.281. The summed E-state index contributed by atoms with van der Waals surface area (Å²) in [5, 5.41) is 3.24. The Balaban J connectivity index is 1.82. The highest BCUT2D eigenvalue weighted by Gasteiger charge is 2.05. The molecule has 1 N–H and O–H groups in total. The maximum Gasteiger partial charge on any atom is 0.0416 e. The van der Waals surface area contributed by atoms with E-state index in [1.54, 1.807) is 0 Å². The average Bonchev–Trinajstić information content (AvgIpc) is 2.56. The van der Waals surface area contributed by atoms with Gasteiger partial charge in [-0.05, 0) is 31.2 Å². The van der Waals surface area contributed by atoms with Gasteiger partial charge in [0.1, 0.15) is 0 Å². The van der Waals surface area contributed by atoms with Crippen LogP contribution in [0, 0.1) is 0 Å². The fourth-order valence-electron chi connectivity index (χ4n) is 2.36. The minimum Gasteiger partial charge on any atom is -0.318 e. The highest BCUT2D eigenvalue weighted by atomic mass is 15.1. The van der Waals surface area contributed by atoms with Gasteiger partial charge in [-0.15, -0.1) is 0 Å². The molecule has 0 aliphatic heterocycles. The Bertz CT molecular complexity index is 441. The van der Waals surface area contributed by atoms with Crippen molar-refractivity contribution in [2.24, 2.45) is 0 Å². The number of nitrogens with zero attached hydrogens (tertiary/aromatic N) is 2. The van der Waals surface area contributed by atoms with E-state index in [0.717, 1.165) is 39.0 Å². The zero-order valence-corrected chi connectivity index (χ0v) is 12.8. The number of likely N-dealkylation sites (N-methyl/N-ethyl adjacent to an activating group) is 1. The van der Waals surface area contributed by atoms with Gasteiger partial charge >= 0.3 is 0 Å². The van der Waals surface area contributed by atoms with Crippen LogP contribution in [-0.4, -0.2) is 43.1 Å². The summed E-state index contributed by atoms with van der Waals surface area (Å²) in [6, 6.07) is 16.8. The zero-order chi connectivity index (χ0) is 14.8. The Kier molecular flexibility index (Phi) is 6.92. The zero-order valence-electron chi connectivity index (χ0n) is 12.8. The summed E-state index contributed by atoms with van der Waals surface area (Å²) in [4.78, 5) is 6.92. The summed E-state index contributed by atoms with van der Waals surface area (Å²) >= 11 is 0. The molecule has 2 aromatic rings. The van der Waals surface area contributed by atoms with Gasteiger partial charge < -0.3 is 10.2 Å². The molecule has 0 atom stereocenters. The van der Waals surface area contributed by atoms with E-state index in [-0.39, 0.29) is 0 Å². The first-order valence-electron chi connectivity index (χ1n) is 7.69. The largest absolute Gasteiger partial charge is 0.318 e. The predicted molar refractivity (Wildman–Crippen MR) is 88.5 cm³/mol. The summed E-state index contributed by atoms with van der Waals surface area (Å²) < 4.78 is 0. The molecule has 2 rings (SSSR count). The molecule has 3 nitrogen and oxygen atoms in total. The van der Waals surface area contributed by atoms with Crippen LogP contribution in [0.3, 0.4) is 0 Å². The molecule has 112 valence electrons. The number of nitrogens with one attached hydrogen (secondary N) is 1. The molecule has 1 heterocycles. The molecule has 1 aromatic heterocycles. The molecule has 0 unspecified atom stereocenters. The third kappa shape index (κ3) is 6.06. The monoisotopic (exact) mass is 283 g/mol. The fraction of sp³-hybridized carbons (Fsp3) is 0.389. The number of aromatic nitrogens is 1. The molecule has 0 fully saturated rings. The van der Waals surface area contributed by atoms with Crippen molar-refractivity contribution in [3.63, 3.8) is 0 Å². The van der Waals surface area contributed by atoms with Crippen molar-refractivity contribution >= 4 is 0 Å². The molecule has 0 bridgehead atoms. The van der Waals surface area contributed by atoms with Crippen LogP contribution in [0.25, 0.3) is 0 Å². The highest BCUT2D eigenvalue weighted by Crippen LogP contribution is 2.03. The van der Waals surface area contributed by atoms with Crippen molar-refractivity contribution in [3.05, 3.63) is 66.0 Å². The Labute approximate surface area is 128 Å². The molecular formula is C18H25N3. The summed E-state index contributed by atoms with van der Waals surface area (Å²) in [5.74, 6) is 0. The summed E-state index contributed by atoms with van der Waals surface area (Å²) in [6.07, 6.45) is 3.99. The van der Waals surface area contributed by atoms with Crippen LogP contribution in [-0.2, 0) is 12.8 Å². The molecule has 1 aromatic carbocycles. The van der Waals surface area contributed by atoms with E-state index in [0.29, 0.717) is 0 Å². The topological polar surface area (TPSA) is 28.2 Å². The second-order valence-corrected chi connectivity index (χ2v) is 5.25. The second-order valence-electron chi connectivity index (χ2n) is 5.25. The molecular weight excluding hydrogens is 258 g/mol. The highest BCUT2D eigenvalue weighted by molar-refractivity contribution is 5.14. The number of hydrogen-bond acceptors (Lipinski definition) is 3. The standard InChI is InChI=1S/C18H25N3/c1-19-13-16-21(14-10-17-7-3-2-4-8-17)15-11-18-9-5-6-12-20-18/h2-9,12,19H,10-11,13-16H2,1H3. The number of rotatable bonds is 9. The first kappa shape index (κ1) is 15.7. The van der Waals surface area contributed by atoms with Crippen LogP contribution in [0.1, 0.15) is 11.3 Å². The van der Waals surface area contributed by atoms with Gasteiger partial charge in [-0.1, -0.05) is 36.4 Å². The molecule has 3 heteroatoms. The summed E-state index contributed by atoms with van der Waals surface area (Å²) in [6.45, 7) is 4.26. The smallest absolute Gasteiger partial charge is 0.0416 e. The molecule has 0 radical (unpaired) electrons. The predicted octanol–water partition coefficient (Wildman–Crippen LogP) is 2.39. The SMILES string of the molecule is CNCCN(CCc1ccccc1)CCc1ccccn1. The molecule has 21 heavy (non-hydrogen) atoms. The quantitative estimate of drug-likeness (QED) is 0.766. The van der Waals surface area contributed by atoms with Crippen LogP contribution in [0.5, 0.6) is 0 Å². The summed E-state index contributed by atoms with van der Waals surface area (Å²) in [7, 11) is 2.01. The molecule has 0 saturated carbocycles. The molecule has 0 saturated heterocycles. The van der Waals surface area contributed by atoms with Crippen molar-refractivity contribution in [3.8, 4) is 0 Å². The van der Waals surface area contributed by atoms with E-state index in [4.69, 9.17) is 0 Å². The second kappa shape index (κ2) is 9.27. The molecule has 0 aliphatic carbocycles. The molecule has 0 spiro atoms. The van der Waals surface area contributed by atoms with E-state index in [1.165, 1.54) is 11.3 Å². The number of pyridine rings is 1. The van der Waals surface area contributed by atoms with Gasteiger partial charge in [-0.2, -0.15) is 0 Å². The van der Waals surface area contributed by atoms with Gasteiger partial charge in [0, 0.05) is 44.5 Å². The van der Waals surface area contributed by atoms with Crippen LogP contribution in [0.2, 0.25) is 0 Å². The maximum atomic E-state index is 4.41. The average molecular weight is 283 g/mol. The van der Waals surface area contributed by atoms with Gasteiger partial charge in [0.15, 0.2) is 0 Å². The van der Waals surface area contributed by atoms with E-state index >= 15 is 0 Å². The molecule has 0 amide bonds. The van der Waals surface area contributed by atoms with Crippen molar-refractivity contribution in [2.75, 3.05) is 33.2 Å². The van der Waals surface area contributed by atoms with Gasteiger partial charge in [0.05, 0.1) is 0 Å². The van der Waals surface area contributed by atoms with E-state index in [9.17, 15) is 0 Å². The lowest BCUT2D eigenvalue weighted by Crippen LogP contribution is -2.34. The van der Waals surface area contributed by atoms with Crippen LogP contribution in [0.4, 0.5) is 0 Å². The fourth-order valence-corrected chi connectivity index (χ4v) is 2.36. The summed E-state index contributed by atoms with van der Waals surface area (Å²) in [5.41, 5.74) is 2.58. The minimum atomic E-state index is 1.01. The van der Waals surface area contributed by atoms with Crippen molar-refractivity contribution in [1.82, 2.24) is 15.2 Å². The Morgan fingerprint density at radius 2 is 1.67 bits per heavy atom. The Hall–Kier alpha value is -1.71. The van der Waals surface area contributed by atoms with E-state index < -0.39 is 0 Å². The normalized spacial score (nSPS) is 11.0. The van der Waals surface area contributed by atoms with E-state index in [2.05, 4.69) is 57.7 Å². The van der Waals surface area contributed by atoms with Crippen LogP contribution >= 0.6 is 0 Å². The Morgan fingerprint density at radius 1 is 0.905 bits per heavy atom. The van der Waals surface area contributed by atoms with Gasteiger partial charge in [-0.25, -0.2) is 0 Å². The lowest BCUT2D eigenvalue weighted by Gasteiger charge is -2.22. The van der Waals surface area contributed by atoms with E-state index in [1.807, 2.05) is 19.3 Å². The van der Waals surface area contributed by atoms with Crippen molar-refractivity contribution in [1.29, 1.82) is 0 Å². The van der Waals surface area contributed by atoms with Crippen molar-refractivity contribution < 1.29 is 0 Å².